The minimum absolute atomic E-state index is 0.389. The molecule has 2 N–H and O–H groups in total. The summed E-state index contributed by atoms with van der Waals surface area (Å²) in [7, 11) is 1.84. The zero-order chi connectivity index (χ0) is 20.6. The molecule has 160 valence electrons. The lowest BCUT2D eigenvalue weighted by molar-refractivity contribution is 0.119. The van der Waals surface area contributed by atoms with Gasteiger partial charge in [0.2, 0.25) is 0 Å². The first-order valence-electron chi connectivity index (χ1n) is 11.1. The summed E-state index contributed by atoms with van der Waals surface area (Å²) >= 11 is 0. The van der Waals surface area contributed by atoms with Gasteiger partial charge in [-0.15, -0.1) is 0 Å². The summed E-state index contributed by atoms with van der Waals surface area (Å²) in [6.45, 7) is 3.78. The predicted molar refractivity (Wildman–Crippen MR) is 121 cm³/mol. The van der Waals surface area contributed by atoms with E-state index in [1.54, 1.807) is 0 Å². The average Bonchev–Trinajstić information content (AvgIpc) is 2.76. The molecule has 0 amide bonds. The molecule has 6 nitrogen and oxygen atoms in total. The molecule has 1 aliphatic carbocycles. The van der Waals surface area contributed by atoms with Crippen LogP contribution < -0.4 is 15.4 Å². The smallest absolute Gasteiger partial charge is 0.191 e. The van der Waals surface area contributed by atoms with Crippen LogP contribution in [0.3, 0.4) is 0 Å². The number of nitrogens with zero attached hydrogens (tertiary/aromatic N) is 3. The second-order valence-corrected chi connectivity index (χ2v) is 8.22. The fourth-order valence-electron chi connectivity index (χ4n) is 3.96. The number of likely N-dealkylation sites (tertiary alicyclic amines) is 1. The van der Waals surface area contributed by atoms with Gasteiger partial charge in [0.1, 0.15) is 5.75 Å². The Morgan fingerprint density at radius 3 is 2.60 bits per heavy atom. The van der Waals surface area contributed by atoms with E-state index < -0.39 is 0 Å². The Kier molecular flexibility index (Phi) is 7.19. The molecule has 30 heavy (non-hydrogen) atoms. The van der Waals surface area contributed by atoms with Crippen molar-refractivity contribution in [1.29, 1.82) is 0 Å². The maximum atomic E-state index is 6.15. The zero-order valence-corrected chi connectivity index (χ0v) is 17.9. The molecule has 4 rings (SSSR count). The van der Waals surface area contributed by atoms with E-state index in [9.17, 15) is 0 Å². The molecule has 1 aromatic carbocycles. The number of aliphatic imine (C=N–C) groups is 1. The van der Waals surface area contributed by atoms with Crippen molar-refractivity contribution in [2.45, 2.75) is 57.3 Å². The van der Waals surface area contributed by atoms with Gasteiger partial charge in [-0.3, -0.25) is 14.9 Å². The molecule has 1 aromatic heterocycles. The fraction of sp³-hybridized carbons (Fsp3) is 0.500. The Labute approximate surface area is 179 Å². The van der Waals surface area contributed by atoms with Gasteiger partial charge in [-0.25, -0.2) is 0 Å². The van der Waals surface area contributed by atoms with Crippen LogP contribution in [0.4, 0.5) is 0 Å². The van der Waals surface area contributed by atoms with Crippen LogP contribution in [0.1, 0.15) is 43.4 Å². The number of ether oxygens (including phenoxy) is 1. The van der Waals surface area contributed by atoms with E-state index in [2.05, 4.69) is 55.8 Å². The molecule has 0 radical (unpaired) electrons. The van der Waals surface area contributed by atoms with E-state index in [1.807, 2.05) is 25.4 Å². The summed E-state index contributed by atoms with van der Waals surface area (Å²) in [6, 6.07) is 14.9. The van der Waals surface area contributed by atoms with Crippen molar-refractivity contribution in [3.63, 3.8) is 0 Å². The lowest BCUT2D eigenvalue weighted by Crippen LogP contribution is -2.48. The van der Waals surface area contributed by atoms with Crippen LogP contribution in [0.25, 0.3) is 0 Å². The molecule has 2 aromatic rings. The van der Waals surface area contributed by atoms with Crippen LogP contribution in [0.5, 0.6) is 5.75 Å². The van der Waals surface area contributed by atoms with E-state index in [1.165, 1.54) is 24.8 Å². The first kappa shape index (κ1) is 20.7. The van der Waals surface area contributed by atoms with Gasteiger partial charge in [-0.05, 0) is 50.3 Å². The van der Waals surface area contributed by atoms with Gasteiger partial charge >= 0.3 is 0 Å². The zero-order valence-electron chi connectivity index (χ0n) is 17.9. The van der Waals surface area contributed by atoms with Crippen LogP contribution in [0, 0.1) is 0 Å². The quantitative estimate of drug-likeness (QED) is 0.544. The minimum atomic E-state index is 0.389. The summed E-state index contributed by atoms with van der Waals surface area (Å²) in [4.78, 5) is 11.4. The van der Waals surface area contributed by atoms with Gasteiger partial charge < -0.3 is 15.4 Å². The third kappa shape index (κ3) is 5.72. The van der Waals surface area contributed by atoms with Gasteiger partial charge in [0.25, 0.3) is 0 Å². The van der Waals surface area contributed by atoms with Crippen molar-refractivity contribution in [1.82, 2.24) is 20.5 Å². The Morgan fingerprint density at radius 1 is 1.10 bits per heavy atom. The summed E-state index contributed by atoms with van der Waals surface area (Å²) in [5.41, 5.74) is 2.32. The lowest BCUT2D eigenvalue weighted by Gasteiger charge is -2.33. The van der Waals surface area contributed by atoms with Crippen molar-refractivity contribution in [3.8, 4) is 5.75 Å². The molecular weight excluding hydrogens is 374 g/mol. The number of hydrogen-bond donors (Lipinski definition) is 2. The van der Waals surface area contributed by atoms with Gasteiger partial charge in [-0.1, -0.05) is 24.3 Å². The van der Waals surface area contributed by atoms with E-state index >= 15 is 0 Å². The highest BCUT2D eigenvalue weighted by molar-refractivity contribution is 5.80. The minimum Gasteiger partial charge on any atom is -0.490 e. The van der Waals surface area contributed by atoms with E-state index in [0.29, 0.717) is 18.7 Å². The molecule has 0 atom stereocenters. The van der Waals surface area contributed by atoms with E-state index in [4.69, 9.17) is 4.74 Å². The lowest BCUT2D eigenvalue weighted by atomic mass is 9.96. The monoisotopic (exact) mass is 407 g/mol. The Bertz CT molecular complexity index is 813. The molecule has 0 spiro atoms. The van der Waals surface area contributed by atoms with Crippen molar-refractivity contribution < 1.29 is 4.74 Å². The number of guanidine groups is 1. The molecule has 2 fully saturated rings. The number of nitrogens with one attached hydrogen (secondary N) is 2. The normalized spacial score (nSPS) is 18.6. The summed E-state index contributed by atoms with van der Waals surface area (Å²) < 4.78 is 6.15. The summed E-state index contributed by atoms with van der Waals surface area (Å²) in [5.74, 6) is 1.85. The Morgan fingerprint density at radius 2 is 1.90 bits per heavy atom. The van der Waals surface area contributed by atoms with Crippen LogP contribution in [-0.2, 0) is 13.1 Å². The number of aromatic nitrogens is 1. The van der Waals surface area contributed by atoms with Crippen molar-refractivity contribution in [2.24, 2.45) is 4.99 Å². The molecule has 2 aliphatic rings. The number of pyridine rings is 1. The summed E-state index contributed by atoms with van der Waals surface area (Å²) in [6.07, 6.45) is 8.09. The van der Waals surface area contributed by atoms with E-state index in [-0.39, 0.29) is 0 Å². The van der Waals surface area contributed by atoms with Gasteiger partial charge in [-0.2, -0.15) is 0 Å². The molecule has 0 unspecified atom stereocenters. The molecule has 6 heteroatoms. The molecule has 2 heterocycles. The van der Waals surface area contributed by atoms with Gasteiger partial charge in [0.05, 0.1) is 11.8 Å². The highest BCUT2D eigenvalue weighted by Gasteiger charge is 2.21. The number of rotatable bonds is 7. The number of benzene rings is 1. The van der Waals surface area contributed by atoms with Crippen LogP contribution >= 0.6 is 0 Å². The maximum absolute atomic E-state index is 6.15. The van der Waals surface area contributed by atoms with Crippen LogP contribution in [0.15, 0.2) is 53.7 Å². The highest BCUT2D eigenvalue weighted by atomic mass is 16.5. The predicted octanol–water partition coefficient (Wildman–Crippen LogP) is 3.34. The standard InChI is InChI=1S/C24H33N5O/c1-25-24(27-17-19-7-2-3-11-23(19)30-22-9-6-10-22)28-20-12-15-29(16-13-20)18-21-8-4-5-14-26-21/h2-5,7-8,11,14,20,22H,6,9-10,12-13,15-18H2,1H3,(H2,25,27,28). The molecular formula is C24H33N5O. The Balaban J connectivity index is 1.23. The second kappa shape index (κ2) is 10.4. The summed E-state index contributed by atoms with van der Waals surface area (Å²) in [5, 5.41) is 7.07. The van der Waals surface area contributed by atoms with Crippen molar-refractivity contribution in [2.75, 3.05) is 20.1 Å². The maximum Gasteiger partial charge on any atom is 0.191 e. The molecule has 1 aliphatic heterocycles. The Hall–Kier alpha value is -2.60. The first-order valence-corrected chi connectivity index (χ1v) is 11.1. The molecule has 0 bridgehead atoms. The number of hydrogen-bond acceptors (Lipinski definition) is 4. The second-order valence-electron chi connectivity index (χ2n) is 8.22. The van der Waals surface area contributed by atoms with Gasteiger partial charge in [0.15, 0.2) is 5.96 Å². The molecule has 1 saturated carbocycles. The van der Waals surface area contributed by atoms with Crippen molar-refractivity contribution >= 4 is 5.96 Å². The average molecular weight is 408 g/mol. The fourth-order valence-corrected chi connectivity index (χ4v) is 3.96. The first-order chi connectivity index (χ1) is 14.8. The van der Waals surface area contributed by atoms with Crippen molar-refractivity contribution in [3.05, 3.63) is 59.9 Å². The number of piperidine rings is 1. The number of para-hydroxylation sites is 1. The third-order valence-corrected chi connectivity index (χ3v) is 6.03. The molecule has 1 saturated heterocycles. The highest BCUT2D eigenvalue weighted by Crippen LogP contribution is 2.27. The largest absolute Gasteiger partial charge is 0.490 e. The topological polar surface area (TPSA) is 61.8 Å². The van der Waals surface area contributed by atoms with E-state index in [0.717, 1.165) is 49.9 Å². The van der Waals surface area contributed by atoms with Crippen LogP contribution in [0.2, 0.25) is 0 Å². The third-order valence-electron chi connectivity index (χ3n) is 6.03. The van der Waals surface area contributed by atoms with Gasteiger partial charge in [0, 0.05) is 51.0 Å². The van der Waals surface area contributed by atoms with Crippen LogP contribution in [-0.4, -0.2) is 48.1 Å². The SMILES string of the molecule is CN=C(NCc1ccccc1OC1CCC1)NC1CCN(Cc2ccccn2)CC1.